The molecular formula is C26H28F2N2O5. The second-order valence-corrected chi connectivity index (χ2v) is 8.93. The number of carbonyl (C=O) groups is 3. The summed E-state index contributed by atoms with van der Waals surface area (Å²) in [7, 11) is 0. The molecule has 0 saturated heterocycles. The number of carboxylic acid groups (broad SMARTS) is 1. The van der Waals surface area contributed by atoms with Crippen molar-refractivity contribution in [2.24, 2.45) is 11.8 Å². The average molecular weight is 487 g/mol. The van der Waals surface area contributed by atoms with Gasteiger partial charge < -0.3 is 20.1 Å². The summed E-state index contributed by atoms with van der Waals surface area (Å²) in [5, 5.41) is 11.2. The normalized spacial score (nSPS) is 19.4. The predicted octanol–water partition coefficient (Wildman–Crippen LogP) is 4.12. The Morgan fingerprint density at radius 3 is 2.20 bits per heavy atom. The summed E-state index contributed by atoms with van der Waals surface area (Å²) in [5.41, 5.74) is 4.24. The molecule has 0 aromatic heterocycles. The van der Waals surface area contributed by atoms with E-state index in [1.54, 1.807) is 6.92 Å². The highest BCUT2D eigenvalue weighted by atomic mass is 19.3. The lowest BCUT2D eigenvalue weighted by molar-refractivity contribution is -0.139. The Labute approximate surface area is 202 Å². The molecule has 0 bridgehead atoms. The first kappa shape index (κ1) is 24.6. The molecule has 35 heavy (non-hydrogen) atoms. The summed E-state index contributed by atoms with van der Waals surface area (Å²) >= 11 is 0. The highest BCUT2D eigenvalue weighted by molar-refractivity contribution is 5.84. The molecule has 0 spiro atoms. The number of amides is 2. The van der Waals surface area contributed by atoms with Crippen molar-refractivity contribution in [1.82, 2.24) is 10.2 Å². The monoisotopic (exact) mass is 486 g/mol. The number of carboxylic acids is 1. The zero-order chi connectivity index (χ0) is 25.2. The topological polar surface area (TPSA) is 95.9 Å². The van der Waals surface area contributed by atoms with E-state index in [4.69, 9.17) is 9.84 Å². The third kappa shape index (κ3) is 4.99. The summed E-state index contributed by atoms with van der Waals surface area (Å²) < 4.78 is 34.1. The number of rotatable bonds is 10. The van der Waals surface area contributed by atoms with E-state index in [1.807, 2.05) is 48.5 Å². The number of benzene rings is 2. The van der Waals surface area contributed by atoms with Crippen LogP contribution in [0, 0.1) is 11.8 Å². The van der Waals surface area contributed by atoms with Gasteiger partial charge in [0.25, 0.3) is 5.92 Å². The maximum atomic E-state index is 14.4. The first-order valence-corrected chi connectivity index (χ1v) is 11.7. The molecule has 186 valence electrons. The average Bonchev–Trinajstić information content (AvgIpc) is 3.24. The Hall–Kier alpha value is -3.49. The number of hydrogen-bond donors (Lipinski definition) is 2. The minimum absolute atomic E-state index is 0.0583. The Bertz CT molecular complexity index is 1080. The first-order chi connectivity index (χ1) is 16.8. The zero-order valence-corrected chi connectivity index (χ0v) is 19.4. The molecule has 2 aliphatic carbocycles. The second kappa shape index (κ2) is 10.0. The molecule has 2 atom stereocenters. The van der Waals surface area contributed by atoms with E-state index in [1.165, 1.54) is 4.90 Å². The maximum absolute atomic E-state index is 14.4. The third-order valence-corrected chi connectivity index (χ3v) is 6.68. The first-order valence-electron chi connectivity index (χ1n) is 11.7. The summed E-state index contributed by atoms with van der Waals surface area (Å²) in [6.45, 7) is 1.51. The van der Waals surface area contributed by atoms with Crippen LogP contribution in [0.4, 0.5) is 13.6 Å². The van der Waals surface area contributed by atoms with Crippen LogP contribution in [0.5, 0.6) is 0 Å². The molecule has 2 aliphatic rings. The van der Waals surface area contributed by atoms with Crippen LogP contribution < -0.4 is 5.32 Å². The molecule has 4 rings (SSSR count). The fourth-order valence-corrected chi connectivity index (χ4v) is 4.85. The van der Waals surface area contributed by atoms with Crippen molar-refractivity contribution >= 4 is 18.0 Å². The van der Waals surface area contributed by atoms with Gasteiger partial charge in [-0.1, -0.05) is 55.5 Å². The van der Waals surface area contributed by atoms with Gasteiger partial charge in [0.05, 0.1) is 12.3 Å². The highest BCUT2D eigenvalue weighted by Crippen LogP contribution is 2.55. The van der Waals surface area contributed by atoms with Gasteiger partial charge in [0.2, 0.25) is 5.91 Å². The molecular weight excluding hydrogens is 458 g/mol. The van der Waals surface area contributed by atoms with Crippen LogP contribution in [0.25, 0.3) is 11.1 Å². The lowest BCUT2D eigenvalue weighted by atomic mass is 9.98. The van der Waals surface area contributed by atoms with Crippen molar-refractivity contribution in [3.63, 3.8) is 0 Å². The molecule has 0 heterocycles. The Balaban J connectivity index is 1.32. The van der Waals surface area contributed by atoms with E-state index in [9.17, 15) is 23.2 Å². The Kier molecular flexibility index (Phi) is 7.05. The number of hydrogen-bond acceptors (Lipinski definition) is 4. The summed E-state index contributed by atoms with van der Waals surface area (Å²) in [4.78, 5) is 36.9. The van der Waals surface area contributed by atoms with Crippen molar-refractivity contribution < 1.29 is 33.0 Å². The van der Waals surface area contributed by atoms with Crippen LogP contribution in [-0.4, -0.2) is 60.1 Å². The van der Waals surface area contributed by atoms with E-state index >= 15 is 0 Å². The van der Waals surface area contributed by atoms with Crippen LogP contribution in [-0.2, 0) is 14.3 Å². The summed E-state index contributed by atoms with van der Waals surface area (Å²) in [6, 6.07) is 15.7. The second-order valence-electron chi connectivity index (χ2n) is 8.93. The molecule has 9 heteroatoms. The van der Waals surface area contributed by atoms with E-state index in [0.717, 1.165) is 22.3 Å². The molecule has 2 aromatic rings. The van der Waals surface area contributed by atoms with Crippen LogP contribution in [0.15, 0.2) is 48.5 Å². The van der Waals surface area contributed by atoms with Gasteiger partial charge in [-0.2, -0.15) is 0 Å². The van der Waals surface area contributed by atoms with Crippen molar-refractivity contribution in [2.75, 3.05) is 26.2 Å². The largest absolute Gasteiger partial charge is 0.481 e. The van der Waals surface area contributed by atoms with Gasteiger partial charge in [0.1, 0.15) is 12.5 Å². The van der Waals surface area contributed by atoms with Crippen LogP contribution >= 0.6 is 0 Å². The van der Waals surface area contributed by atoms with Gasteiger partial charge in [-0.25, -0.2) is 13.6 Å². The molecule has 2 unspecified atom stereocenters. The molecule has 0 aliphatic heterocycles. The number of ether oxygens (including phenoxy) is 1. The van der Waals surface area contributed by atoms with E-state index in [-0.39, 0.29) is 32.0 Å². The number of nitrogens with one attached hydrogen (secondary N) is 1. The molecule has 2 aromatic carbocycles. The Morgan fingerprint density at radius 2 is 1.63 bits per heavy atom. The van der Waals surface area contributed by atoms with Gasteiger partial charge in [-0.3, -0.25) is 9.59 Å². The summed E-state index contributed by atoms with van der Waals surface area (Å²) in [6.07, 6.45) is -0.615. The predicted molar refractivity (Wildman–Crippen MR) is 124 cm³/mol. The van der Waals surface area contributed by atoms with Gasteiger partial charge in [0, 0.05) is 25.6 Å². The van der Waals surface area contributed by atoms with Gasteiger partial charge in [-0.05, 0) is 28.7 Å². The quantitative estimate of drug-likeness (QED) is 0.527. The minimum Gasteiger partial charge on any atom is -0.481 e. The van der Waals surface area contributed by atoms with Gasteiger partial charge in [0.15, 0.2) is 0 Å². The maximum Gasteiger partial charge on any atom is 0.407 e. The third-order valence-electron chi connectivity index (χ3n) is 6.68. The molecule has 1 saturated carbocycles. The standard InChI is InChI=1S/C26H28F2N2O5/c1-2-12-30(13-11-22(31)32)24(33)23-21(26(23,27)28)14-29-25(34)35-15-20-18-9-5-3-7-16(18)17-8-4-6-10-19(17)20/h3-10,20-21,23H,2,11-15H2,1H3,(H,29,34)(H,31,32). The van der Waals surface area contributed by atoms with E-state index < -0.39 is 42.3 Å². The minimum atomic E-state index is -3.26. The van der Waals surface area contributed by atoms with Crippen molar-refractivity contribution in [2.45, 2.75) is 31.6 Å². The lowest BCUT2D eigenvalue weighted by Gasteiger charge is -2.21. The van der Waals surface area contributed by atoms with E-state index in [2.05, 4.69) is 5.32 Å². The number of carbonyl (C=O) groups excluding carboxylic acids is 2. The van der Waals surface area contributed by atoms with Crippen molar-refractivity contribution in [1.29, 1.82) is 0 Å². The van der Waals surface area contributed by atoms with Gasteiger partial charge in [-0.15, -0.1) is 0 Å². The SMILES string of the molecule is CCCN(CCC(=O)O)C(=O)C1C(CNC(=O)OCC2c3ccccc3-c3ccccc32)C1(F)F. The van der Waals surface area contributed by atoms with E-state index in [0.29, 0.717) is 6.42 Å². The smallest absolute Gasteiger partial charge is 0.407 e. The number of aliphatic carboxylic acids is 1. The van der Waals surface area contributed by atoms with Crippen LogP contribution in [0.1, 0.15) is 36.8 Å². The fraction of sp³-hybridized carbons (Fsp3) is 0.423. The number of nitrogens with zero attached hydrogens (tertiary/aromatic N) is 1. The zero-order valence-electron chi connectivity index (χ0n) is 19.4. The fourth-order valence-electron chi connectivity index (χ4n) is 4.85. The summed E-state index contributed by atoms with van der Waals surface area (Å²) in [5.74, 6) is -8.21. The Morgan fingerprint density at radius 1 is 1.03 bits per heavy atom. The number of halogens is 2. The van der Waals surface area contributed by atoms with Crippen molar-refractivity contribution in [3.8, 4) is 11.1 Å². The number of alkyl halides is 2. The van der Waals surface area contributed by atoms with Crippen molar-refractivity contribution in [3.05, 3.63) is 59.7 Å². The molecule has 2 N–H and O–H groups in total. The number of fused-ring (bicyclic) bond motifs is 3. The molecule has 2 amide bonds. The lowest BCUT2D eigenvalue weighted by Crippen LogP contribution is -2.36. The van der Waals surface area contributed by atoms with Crippen LogP contribution in [0.2, 0.25) is 0 Å². The van der Waals surface area contributed by atoms with Crippen LogP contribution in [0.3, 0.4) is 0 Å². The number of alkyl carbamates (subject to hydrolysis) is 1. The molecule has 0 radical (unpaired) electrons. The molecule has 1 fully saturated rings. The molecule has 7 nitrogen and oxygen atoms in total. The van der Waals surface area contributed by atoms with Gasteiger partial charge >= 0.3 is 12.1 Å². The highest BCUT2D eigenvalue weighted by Gasteiger charge is 2.72.